The van der Waals surface area contributed by atoms with Crippen molar-refractivity contribution in [3.05, 3.63) is 66.1 Å². The van der Waals surface area contributed by atoms with Crippen LogP contribution in [0.4, 0.5) is 0 Å². The average Bonchev–Trinajstić information content (AvgIpc) is 3.26. The molecule has 0 N–H and O–H groups in total. The number of esters is 1. The Hall–Kier alpha value is -3.41. The van der Waals surface area contributed by atoms with Gasteiger partial charge in [0.1, 0.15) is 22.6 Å². The molecule has 6 nitrogen and oxygen atoms in total. The van der Waals surface area contributed by atoms with Crippen molar-refractivity contribution < 1.29 is 13.9 Å². The van der Waals surface area contributed by atoms with Gasteiger partial charge in [-0.2, -0.15) is 0 Å². The summed E-state index contributed by atoms with van der Waals surface area (Å²) in [6.45, 7) is 3.86. The maximum Gasteiger partial charge on any atom is 0.342 e. The summed E-state index contributed by atoms with van der Waals surface area (Å²) in [5.41, 5.74) is 3.60. The molecule has 130 valence electrons. The van der Waals surface area contributed by atoms with Gasteiger partial charge in [-0.1, -0.05) is 23.4 Å². The molecule has 26 heavy (non-hydrogen) atoms. The normalized spacial score (nSPS) is 11.0. The minimum atomic E-state index is -0.381. The fraction of sp³-hybridized carbons (Fsp3) is 0.150. The van der Waals surface area contributed by atoms with Gasteiger partial charge in [-0.3, -0.25) is 0 Å². The molecule has 0 amide bonds. The minimum absolute atomic E-state index is 0.316. The topological polar surface area (TPSA) is 70.2 Å². The van der Waals surface area contributed by atoms with Crippen LogP contribution < -0.4 is 0 Å². The van der Waals surface area contributed by atoms with Gasteiger partial charge in [0.05, 0.1) is 18.5 Å². The number of fused-ring (bicyclic) bond motifs is 1. The van der Waals surface area contributed by atoms with Crippen molar-refractivity contribution in [3.63, 3.8) is 0 Å². The molecule has 6 heteroatoms. The number of aromatic nitrogens is 3. The molecule has 0 saturated heterocycles. The summed E-state index contributed by atoms with van der Waals surface area (Å²) in [5, 5.41) is 9.16. The van der Waals surface area contributed by atoms with E-state index >= 15 is 0 Å². The standard InChI is InChI=1S/C20H17N3O3/c1-3-25-20(24)19-13(2)26-18-10-9-14(11-16(18)19)17-12-23(22-21-17)15-7-5-4-6-8-15/h4-12H,3H2,1-2H3. The second-order valence-electron chi connectivity index (χ2n) is 5.85. The first-order valence-electron chi connectivity index (χ1n) is 8.36. The highest BCUT2D eigenvalue weighted by atomic mass is 16.5. The van der Waals surface area contributed by atoms with Crippen LogP contribution in [-0.4, -0.2) is 27.6 Å². The monoisotopic (exact) mass is 347 g/mol. The molecule has 0 saturated carbocycles. The Labute approximate surface area is 150 Å². The highest BCUT2D eigenvalue weighted by Crippen LogP contribution is 2.30. The molecule has 0 spiro atoms. The molecule has 0 aliphatic carbocycles. The number of carbonyl (C=O) groups is 1. The number of hydrogen-bond acceptors (Lipinski definition) is 5. The lowest BCUT2D eigenvalue weighted by Crippen LogP contribution is -2.05. The highest BCUT2D eigenvalue weighted by Gasteiger charge is 2.20. The molecule has 2 aromatic heterocycles. The van der Waals surface area contributed by atoms with E-state index < -0.39 is 0 Å². The Kier molecular flexibility index (Phi) is 4.01. The van der Waals surface area contributed by atoms with Gasteiger partial charge < -0.3 is 9.15 Å². The predicted molar refractivity (Wildman–Crippen MR) is 97.3 cm³/mol. The first-order chi connectivity index (χ1) is 12.7. The van der Waals surface area contributed by atoms with Crippen LogP contribution in [0.25, 0.3) is 27.9 Å². The molecule has 2 aromatic carbocycles. The zero-order valence-electron chi connectivity index (χ0n) is 14.5. The van der Waals surface area contributed by atoms with E-state index in [1.807, 2.05) is 54.7 Å². The molecule has 0 radical (unpaired) electrons. The van der Waals surface area contributed by atoms with Gasteiger partial charge >= 0.3 is 5.97 Å². The van der Waals surface area contributed by atoms with Crippen LogP contribution in [0.3, 0.4) is 0 Å². The van der Waals surface area contributed by atoms with E-state index in [1.54, 1.807) is 18.5 Å². The second kappa shape index (κ2) is 6.48. The Morgan fingerprint density at radius 3 is 2.77 bits per heavy atom. The summed E-state index contributed by atoms with van der Waals surface area (Å²) >= 11 is 0. The zero-order valence-corrected chi connectivity index (χ0v) is 14.5. The predicted octanol–water partition coefficient (Wildman–Crippen LogP) is 4.17. The molecule has 0 atom stereocenters. The fourth-order valence-corrected chi connectivity index (χ4v) is 2.94. The van der Waals surface area contributed by atoms with Crippen molar-refractivity contribution in [1.29, 1.82) is 0 Å². The average molecular weight is 347 g/mol. The van der Waals surface area contributed by atoms with Crippen LogP contribution >= 0.6 is 0 Å². The summed E-state index contributed by atoms with van der Waals surface area (Å²) in [5.74, 6) is 0.164. The van der Waals surface area contributed by atoms with Gasteiger partial charge in [0.15, 0.2) is 0 Å². The summed E-state index contributed by atoms with van der Waals surface area (Å²) in [4.78, 5) is 12.3. The van der Waals surface area contributed by atoms with E-state index in [1.165, 1.54) is 0 Å². The van der Waals surface area contributed by atoms with Gasteiger partial charge in [-0.05, 0) is 44.2 Å². The molecule has 4 rings (SSSR count). The van der Waals surface area contributed by atoms with Gasteiger partial charge in [0.2, 0.25) is 0 Å². The van der Waals surface area contributed by atoms with Crippen molar-refractivity contribution in [2.24, 2.45) is 0 Å². The number of benzene rings is 2. The van der Waals surface area contributed by atoms with Crippen molar-refractivity contribution in [2.75, 3.05) is 6.61 Å². The quantitative estimate of drug-likeness (QED) is 0.518. The molecular weight excluding hydrogens is 330 g/mol. The van der Waals surface area contributed by atoms with E-state index in [0.29, 0.717) is 34.6 Å². The SMILES string of the molecule is CCOC(=O)c1c(C)oc2ccc(-c3cn(-c4ccccc4)nn3)cc12. The van der Waals surface area contributed by atoms with Crippen LogP contribution in [0.2, 0.25) is 0 Å². The van der Waals surface area contributed by atoms with Crippen molar-refractivity contribution >= 4 is 16.9 Å². The lowest BCUT2D eigenvalue weighted by Gasteiger charge is -2.01. The molecule has 0 unspecified atom stereocenters. The Bertz CT molecular complexity index is 1080. The maximum absolute atomic E-state index is 12.3. The van der Waals surface area contributed by atoms with Crippen LogP contribution in [-0.2, 0) is 4.74 Å². The Balaban J connectivity index is 1.77. The van der Waals surface area contributed by atoms with E-state index in [-0.39, 0.29) is 5.97 Å². The molecular formula is C20H17N3O3. The third kappa shape index (κ3) is 2.75. The number of para-hydroxylation sites is 1. The first kappa shape index (κ1) is 16.1. The van der Waals surface area contributed by atoms with Crippen molar-refractivity contribution in [2.45, 2.75) is 13.8 Å². The third-order valence-corrected chi connectivity index (χ3v) is 4.15. The van der Waals surface area contributed by atoms with Crippen molar-refractivity contribution in [1.82, 2.24) is 15.0 Å². The van der Waals surface area contributed by atoms with Crippen molar-refractivity contribution in [3.8, 4) is 16.9 Å². The number of carbonyl (C=O) groups excluding carboxylic acids is 1. The van der Waals surface area contributed by atoms with Gasteiger partial charge in [-0.15, -0.1) is 5.10 Å². The third-order valence-electron chi connectivity index (χ3n) is 4.15. The van der Waals surface area contributed by atoms with Gasteiger partial charge in [0, 0.05) is 10.9 Å². The first-order valence-corrected chi connectivity index (χ1v) is 8.36. The minimum Gasteiger partial charge on any atom is -0.462 e. The Morgan fingerprint density at radius 2 is 2.00 bits per heavy atom. The van der Waals surface area contributed by atoms with Gasteiger partial charge in [0.25, 0.3) is 0 Å². The maximum atomic E-state index is 12.3. The molecule has 0 aliphatic rings. The number of aryl methyl sites for hydroxylation is 1. The summed E-state index contributed by atoms with van der Waals surface area (Å²) in [6, 6.07) is 15.4. The molecule has 0 fully saturated rings. The smallest absolute Gasteiger partial charge is 0.342 e. The lowest BCUT2D eigenvalue weighted by molar-refractivity contribution is 0.0526. The van der Waals surface area contributed by atoms with E-state index in [9.17, 15) is 4.79 Å². The summed E-state index contributed by atoms with van der Waals surface area (Å²) in [7, 11) is 0. The number of nitrogens with zero attached hydrogens (tertiary/aromatic N) is 3. The Morgan fingerprint density at radius 1 is 1.19 bits per heavy atom. The number of rotatable bonds is 4. The number of ether oxygens (including phenoxy) is 1. The van der Waals surface area contributed by atoms with E-state index in [2.05, 4.69) is 10.3 Å². The largest absolute Gasteiger partial charge is 0.462 e. The van der Waals surface area contributed by atoms with Crippen LogP contribution in [0, 0.1) is 6.92 Å². The zero-order chi connectivity index (χ0) is 18.1. The van der Waals surface area contributed by atoms with E-state index in [4.69, 9.17) is 9.15 Å². The van der Waals surface area contributed by atoms with Crippen LogP contribution in [0.5, 0.6) is 0 Å². The van der Waals surface area contributed by atoms with Gasteiger partial charge in [-0.25, -0.2) is 9.48 Å². The van der Waals surface area contributed by atoms with Crippen LogP contribution in [0.15, 0.2) is 59.1 Å². The number of hydrogen-bond donors (Lipinski definition) is 0. The molecule has 0 aliphatic heterocycles. The number of furan rings is 1. The highest BCUT2D eigenvalue weighted by molar-refractivity contribution is 6.05. The summed E-state index contributed by atoms with van der Waals surface area (Å²) in [6.07, 6.45) is 1.85. The van der Waals surface area contributed by atoms with Crippen LogP contribution in [0.1, 0.15) is 23.0 Å². The van der Waals surface area contributed by atoms with E-state index in [0.717, 1.165) is 11.3 Å². The molecule has 4 aromatic rings. The summed E-state index contributed by atoms with van der Waals surface area (Å²) < 4.78 is 12.6. The second-order valence-corrected chi connectivity index (χ2v) is 5.85. The molecule has 2 heterocycles. The molecule has 0 bridgehead atoms. The lowest BCUT2D eigenvalue weighted by atomic mass is 10.1. The fourth-order valence-electron chi connectivity index (χ4n) is 2.94.